The van der Waals surface area contributed by atoms with E-state index in [-0.39, 0.29) is 11.7 Å². The third-order valence-electron chi connectivity index (χ3n) is 5.17. The van der Waals surface area contributed by atoms with E-state index in [4.69, 9.17) is 9.15 Å². The van der Waals surface area contributed by atoms with Crippen LogP contribution in [0.15, 0.2) is 34.7 Å². The Bertz CT molecular complexity index is 1110. The Hall–Kier alpha value is -2.67. The molecule has 1 aliphatic heterocycles. The van der Waals surface area contributed by atoms with Gasteiger partial charge in [0.1, 0.15) is 28.5 Å². The molecule has 0 saturated carbocycles. The van der Waals surface area contributed by atoms with E-state index in [0.717, 1.165) is 22.4 Å². The number of anilines is 1. The third-order valence-corrected chi connectivity index (χ3v) is 5.91. The van der Waals surface area contributed by atoms with Gasteiger partial charge in [-0.15, -0.1) is 0 Å². The molecular weight excluding hydrogens is 391 g/mol. The van der Waals surface area contributed by atoms with E-state index in [1.807, 2.05) is 37.5 Å². The molecule has 152 valence electrons. The Morgan fingerprint density at radius 2 is 1.97 bits per heavy atom. The molecule has 0 aliphatic carbocycles. The van der Waals surface area contributed by atoms with E-state index in [2.05, 4.69) is 5.32 Å². The molecule has 0 unspecified atom stereocenters. The third kappa shape index (κ3) is 3.23. The van der Waals surface area contributed by atoms with Crippen LogP contribution in [0.2, 0.25) is 0 Å². The van der Waals surface area contributed by atoms with Crippen LogP contribution in [0.25, 0.3) is 22.3 Å². The van der Waals surface area contributed by atoms with Crippen molar-refractivity contribution in [2.45, 2.75) is 25.9 Å². The molecular formula is C22H23FN2O3S. The van der Waals surface area contributed by atoms with E-state index in [9.17, 15) is 9.18 Å². The number of fused-ring (bicyclic) bond motifs is 3. The molecule has 0 spiro atoms. The predicted molar refractivity (Wildman–Crippen MR) is 115 cm³/mol. The van der Waals surface area contributed by atoms with Gasteiger partial charge in [0.25, 0.3) is 5.91 Å². The summed E-state index contributed by atoms with van der Waals surface area (Å²) < 4.78 is 27.9. The van der Waals surface area contributed by atoms with Crippen LogP contribution >= 0.6 is 11.9 Å². The van der Waals surface area contributed by atoms with Crippen molar-refractivity contribution in [1.29, 1.82) is 0 Å². The van der Waals surface area contributed by atoms with Crippen molar-refractivity contribution in [3.05, 3.63) is 47.3 Å². The van der Waals surface area contributed by atoms with Crippen molar-refractivity contribution in [1.82, 2.24) is 5.32 Å². The van der Waals surface area contributed by atoms with Gasteiger partial charge in [-0.3, -0.25) is 4.79 Å². The highest BCUT2D eigenvalue weighted by molar-refractivity contribution is 7.99. The van der Waals surface area contributed by atoms with E-state index in [0.29, 0.717) is 28.9 Å². The standard InChI is InChI=1S/C22H23FN2O3S/c1-22(2)11-14-17-16(10-15(20(14)28-22)25(4)29-5)27-19(18(17)21(26)24-3)12-6-8-13(23)9-7-12/h6-10H,11H2,1-5H3,(H,24,26). The lowest BCUT2D eigenvalue weighted by atomic mass is 9.95. The lowest BCUT2D eigenvalue weighted by Crippen LogP contribution is -2.25. The van der Waals surface area contributed by atoms with Gasteiger partial charge in [-0.2, -0.15) is 0 Å². The van der Waals surface area contributed by atoms with Crippen LogP contribution in [-0.4, -0.2) is 31.9 Å². The maximum Gasteiger partial charge on any atom is 0.255 e. The monoisotopic (exact) mass is 414 g/mol. The van der Waals surface area contributed by atoms with Crippen LogP contribution in [0.3, 0.4) is 0 Å². The van der Waals surface area contributed by atoms with Crippen LogP contribution in [0.5, 0.6) is 5.75 Å². The number of carbonyl (C=O) groups is 1. The number of amides is 1. The second-order valence-electron chi connectivity index (χ2n) is 7.69. The molecule has 0 atom stereocenters. The highest BCUT2D eigenvalue weighted by Crippen LogP contribution is 2.50. The van der Waals surface area contributed by atoms with Gasteiger partial charge in [-0.05, 0) is 38.1 Å². The molecule has 1 amide bonds. The predicted octanol–water partition coefficient (Wildman–Crippen LogP) is 5.03. The molecule has 5 nitrogen and oxygen atoms in total. The number of nitrogens with zero attached hydrogens (tertiary/aromatic N) is 1. The van der Waals surface area contributed by atoms with Crippen LogP contribution in [0, 0.1) is 5.82 Å². The fraction of sp³-hybridized carbons (Fsp3) is 0.318. The second-order valence-corrected chi connectivity index (χ2v) is 8.60. The summed E-state index contributed by atoms with van der Waals surface area (Å²) in [6.07, 6.45) is 2.64. The van der Waals surface area contributed by atoms with E-state index in [1.54, 1.807) is 31.1 Å². The van der Waals surface area contributed by atoms with Crippen LogP contribution in [0.4, 0.5) is 10.1 Å². The van der Waals surface area contributed by atoms with Crippen LogP contribution in [-0.2, 0) is 6.42 Å². The number of hydrogen-bond donors (Lipinski definition) is 1. The molecule has 7 heteroatoms. The van der Waals surface area contributed by atoms with Crippen molar-refractivity contribution in [3.63, 3.8) is 0 Å². The SMILES string of the molecule is CNC(=O)c1c(-c2ccc(F)cc2)oc2cc(N(C)SC)c3c(c12)CC(C)(C)O3. The zero-order chi connectivity index (χ0) is 20.9. The molecule has 0 bridgehead atoms. The number of benzene rings is 2. The highest BCUT2D eigenvalue weighted by Gasteiger charge is 2.37. The Morgan fingerprint density at radius 1 is 1.28 bits per heavy atom. The summed E-state index contributed by atoms with van der Waals surface area (Å²) in [6.45, 7) is 4.06. The molecule has 1 aromatic heterocycles. The smallest absolute Gasteiger partial charge is 0.255 e. The molecule has 0 saturated heterocycles. The summed E-state index contributed by atoms with van der Waals surface area (Å²) >= 11 is 1.56. The largest absolute Gasteiger partial charge is 0.485 e. The Balaban J connectivity index is 2.07. The van der Waals surface area contributed by atoms with Gasteiger partial charge >= 0.3 is 0 Å². The molecule has 1 N–H and O–H groups in total. The summed E-state index contributed by atoms with van der Waals surface area (Å²) in [7, 11) is 3.55. The maximum atomic E-state index is 13.4. The first kappa shape index (κ1) is 19.6. The van der Waals surface area contributed by atoms with Crippen molar-refractivity contribution in [3.8, 4) is 17.1 Å². The lowest BCUT2D eigenvalue weighted by Gasteiger charge is -2.21. The van der Waals surface area contributed by atoms with Crippen molar-refractivity contribution >= 4 is 34.5 Å². The molecule has 0 radical (unpaired) electrons. The molecule has 3 aromatic rings. The first-order chi connectivity index (χ1) is 13.8. The first-order valence-electron chi connectivity index (χ1n) is 9.33. The number of halogens is 1. The number of nitrogens with one attached hydrogen (secondary N) is 1. The van der Waals surface area contributed by atoms with Crippen LogP contribution < -0.4 is 14.4 Å². The lowest BCUT2D eigenvalue weighted by molar-refractivity contribution is 0.0964. The second kappa shape index (κ2) is 6.99. The molecule has 0 fully saturated rings. The molecule has 2 heterocycles. The topological polar surface area (TPSA) is 54.7 Å². The normalized spacial score (nSPS) is 14.6. The van der Waals surface area contributed by atoms with Gasteiger partial charge in [0.05, 0.1) is 11.3 Å². The Labute approximate surface area is 173 Å². The van der Waals surface area contributed by atoms with Gasteiger partial charge in [0, 0.05) is 49.4 Å². The number of rotatable bonds is 4. The summed E-state index contributed by atoms with van der Waals surface area (Å²) in [5.74, 6) is 0.610. The fourth-order valence-electron chi connectivity index (χ4n) is 3.81. The fourth-order valence-corrected chi connectivity index (χ4v) is 4.14. The van der Waals surface area contributed by atoms with Gasteiger partial charge in [-0.1, -0.05) is 11.9 Å². The molecule has 1 aliphatic rings. The van der Waals surface area contributed by atoms with Crippen LogP contribution in [0.1, 0.15) is 29.8 Å². The van der Waals surface area contributed by atoms with Gasteiger partial charge in [0.2, 0.25) is 0 Å². The minimum atomic E-state index is -0.391. The zero-order valence-electron chi connectivity index (χ0n) is 17.1. The summed E-state index contributed by atoms with van der Waals surface area (Å²) in [6, 6.07) is 7.87. The zero-order valence-corrected chi connectivity index (χ0v) is 17.9. The number of hydrogen-bond acceptors (Lipinski definition) is 5. The minimum absolute atomic E-state index is 0.249. The maximum absolute atomic E-state index is 13.4. The molecule has 4 rings (SSSR count). The number of furan rings is 1. The average molecular weight is 415 g/mol. The number of ether oxygens (including phenoxy) is 1. The van der Waals surface area contributed by atoms with Crippen molar-refractivity contribution in [2.75, 3.05) is 24.7 Å². The summed E-state index contributed by atoms with van der Waals surface area (Å²) in [5, 5.41) is 3.47. The van der Waals surface area contributed by atoms with E-state index >= 15 is 0 Å². The van der Waals surface area contributed by atoms with E-state index in [1.165, 1.54) is 12.1 Å². The van der Waals surface area contributed by atoms with Gasteiger partial charge in [-0.25, -0.2) is 4.39 Å². The Morgan fingerprint density at radius 3 is 2.59 bits per heavy atom. The minimum Gasteiger partial charge on any atom is -0.485 e. The summed E-state index contributed by atoms with van der Waals surface area (Å²) in [4.78, 5) is 12.9. The van der Waals surface area contributed by atoms with E-state index < -0.39 is 5.60 Å². The Kier molecular flexibility index (Phi) is 4.73. The van der Waals surface area contributed by atoms with Crippen molar-refractivity contribution in [2.24, 2.45) is 0 Å². The average Bonchev–Trinajstić information content (AvgIpc) is 3.23. The van der Waals surface area contributed by atoms with Gasteiger partial charge < -0.3 is 18.8 Å². The quantitative estimate of drug-likeness (QED) is 0.607. The van der Waals surface area contributed by atoms with Gasteiger partial charge in [0.15, 0.2) is 0 Å². The van der Waals surface area contributed by atoms with Crippen molar-refractivity contribution < 1.29 is 18.3 Å². The number of carbonyl (C=O) groups excluding carboxylic acids is 1. The highest BCUT2D eigenvalue weighted by atomic mass is 32.2. The molecule has 2 aromatic carbocycles. The first-order valence-corrected chi connectivity index (χ1v) is 10.5. The molecule has 29 heavy (non-hydrogen) atoms. The summed E-state index contributed by atoms with van der Waals surface area (Å²) in [5.41, 5.74) is 3.17.